The van der Waals surface area contributed by atoms with Gasteiger partial charge < -0.3 is 5.11 Å². The standard InChI is InChI=1S/C30H50O/c1-19(2)20-11-14-27(5)17-18-29(7)21(25(20)27)9-10-23-28(6)15-13-24(31)26(3,4)22(28)12-16-30(23,29)8/h9,19-20,22-25,31H,10-18H2,1-8H3/t20-,22-,23+,24-,25+,27+,28-,29+,30+/m0/s1. The van der Waals surface area contributed by atoms with Gasteiger partial charge in [0, 0.05) is 0 Å². The number of hydrogen-bond acceptors (Lipinski definition) is 1. The molecule has 0 aromatic carbocycles. The van der Waals surface area contributed by atoms with Gasteiger partial charge in [0.1, 0.15) is 0 Å². The SMILES string of the molecule is CC(C)[C@@H]1CC[C@]2(C)CC[C@]3(C)C(=CC[C@@H]4[C@@]5(C)CC[C@H](O)C(C)(C)[C@@H]5CC[C@]43C)[C@@H]12. The van der Waals surface area contributed by atoms with Crippen molar-refractivity contribution in [1.82, 2.24) is 0 Å². The van der Waals surface area contributed by atoms with Gasteiger partial charge in [-0.25, -0.2) is 0 Å². The van der Waals surface area contributed by atoms with E-state index in [1.807, 2.05) is 5.57 Å². The lowest BCUT2D eigenvalue weighted by Gasteiger charge is -2.70. The molecule has 4 saturated carbocycles. The molecule has 0 aromatic rings. The summed E-state index contributed by atoms with van der Waals surface area (Å²) in [5, 5.41) is 10.9. The van der Waals surface area contributed by atoms with Crippen LogP contribution in [-0.4, -0.2) is 11.2 Å². The topological polar surface area (TPSA) is 20.2 Å². The number of aliphatic hydroxyl groups is 1. The minimum atomic E-state index is -0.124. The lowest BCUT2D eigenvalue weighted by molar-refractivity contribution is -0.201. The lowest BCUT2D eigenvalue weighted by Crippen LogP contribution is -2.64. The molecule has 5 aliphatic carbocycles. The van der Waals surface area contributed by atoms with Gasteiger partial charge in [0.15, 0.2) is 0 Å². The Kier molecular flexibility index (Phi) is 4.82. The van der Waals surface area contributed by atoms with Crippen LogP contribution < -0.4 is 0 Å². The van der Waals surface area contributed by atoms with Crippen LogP contribution in [0.2, 0.25) is 0 Å². The van der Waals surface area contributed by atoms with Gasteiger partial charge in [0.2, 0.25) is 0 Å². The summed E-state index contributed by atoms with van der Waals surface area (Å²) in [4.78, 5) is 0. The normalized spacial score (nSPS) is 55.7. The Bertz CT molecular complexity index is 777. The van der Waals surface area contributed by atoms with Gasteiger partial charge >= 0.3 is 0 Å². The van der Waals surface area contributed by atoms with Crippen molar-refractivity contribution in [3.63, 3.8) is 0 Å². The summed E-state index contributed by atoms with van der Waals surface area (Å²) < 4.78 is 0. The van der Waals surface area contributed by atoms with Gasteiger partial charge in [-0.05, 0) is 114 Å². The zero-order valence-electron chi connectivity index (χ0n) is 21.9. The minimum absolute atomic E-state index is 0.0541. The van der Waals surface area contributed by atoms with Crippen molar-refractivity contribution < 1.29 is 5.11 Å². The number of allylic oxidation sites excluding steroid dienone is 2. The number of fused-ring (bicyclic) bond motifs is 7. The first-order valence-corrected chi connectivity index (χ1v) is 13.7. The Labute approximate surface area is 192 Å². The summed E-state index contributed by atoms with van der Waals surface area (Å²) in [6.07, 6.45) is 14.6. The third-order valence-electron chi connectivity index (χ3n) is 13.1. The Morgan fingerprint density at radius 1 is 0.839 bits per heavy atom. The third kappa shape index (κ3) is 2.65. The van der Waals surface area contributed by atoms with Crippen molar-refractivity contribution in [3.8, 4) is 0 Å². The molecule has 0 heterocycles. The van der Waals surface area contributed by atoms with E-state index < -0.39 is 0 Å². The molecule has 1 heteroatoms. The zero-order valence-corrected chi connectivity index (χ0v) is 21.9. The van der Waals surface area contributed by atoms with Crippen LogP contribution in [0.15, 0.2) is 11.6 Å². The van der Waals surface area contributed by atoms with Crippen LogP contribution in [-0.2, 0) is 0 Å². The van der Waals surface area contributed by atoms with Crippen molar-refractivity contribution in [2.75, 3.05) is 0 Å². The second kappa shape index (κ2) is 6.64. The highest BCUT2D eigenvalue weighted by atomic mass is 16.3. The molecule has 1 nitrogen and oxygen atoms in total. The number of aliphatic hydroxyl groups excluding tert-OH is 1. The molecule has 31 heavy (non-hydrogen) atoms. The lowest BCUT2D eigenvalue weighted by atomic mass is 9.34. The monoisotopic (exact) mass is 426 g/mol. The maximum absolute atomic E-state index is 10.9. The van der Waals surface area contributed by atoms with Gasteiger partial charge in [-0.1, -0.05) is 67.0 Å². The molecule has 1 N–H and O–H groups in total. The van der Waals surface area contributed by atoms with Gasteiger partial charge in [-0.15, -0.1) is 0 Å². The van der Waals surface area contributed by atoms with E-state index in [4.69, 9.17) is 0 Å². The quantitative estimate of drug-likeness (QED) is 0.421. The van der Waals surface area contributed by atoms with Crippen LogP contribution in [0.3, 0.4) is 0 Å². The van der Waals surface area contributed by atoms with Gasteiger partial charge in [-0.3, -0.25) is 0 Å². The number of rotatable bonds is 1. The molecule has 0 aromatic heterocycles. The Morgan fingerprint density at radius 3 is 2.23 bits per heavy atom. The van der Waals surface area contributed by atoms with Crippen LogP contribution in [0.5, 0.6) is 0 Å². The van der Waals surface area contributed by atoms with E-state index in [0.717, 1.165) is 30.1 Å². The van der Waals surface area contributed by atoms with Crippen molar-refractivity contribution in [2.45, 2.75) is 119 Å². The minimum Gasteiger partial charge on any atom is -0.393 e. The zero-order chi connectivity index (χ0) is 22.6. The summed E-state index contributed by atoms with van der Waals surface area (Å²) in [7, 11) is 0. The van der Waals surface area contributed by atoms with Crippen molar-refractivity contribution in [2.24, 2.45) is 56.7 Å². The Balaban J connectivity index is 1.59. The summed E-state index contributed by atoms with van der Waals surface area (Å²) in [5.74, 6) is 3.92. The van der Waals surface area contributed by atoms with Crippen LogP contribution in [0.25, 0.3) is 0 Å². The smallest absolute Gasteiger partial charge is 0.0594 e. The van der Waals surface area contributed by atoms with Crippen molar-refractivity contribution in [3.05, 3.63) is 11.6 Å². The Hall–Kier alpha value is -0.300. The molecule has 9 atom stereocenters. The molecule has 0 bridgehead atoms. The summed E-state index contributed by atoms with van der Waals surface area (Å²) in [6, 6.07) is 0. The maximum atomic E-state index is 10.9. The summed E-state index contributed by atoms with van der Waals surface area (Å²) in [5.41, 5.74) is 3.64. The highest BCUT2D eigenvalue weighted by molar-refractivity contribution is 5.34. The second-order valence-electron chi connectivity index (χ2n) is 14.7. The molecule has 0 amide bonds. The summed E-state index contributed by atoms with van der Waals surface area (Å²) in [6.45, 7) is 20.4. The molecule has 4 fully saturated rings. The molecule has 0 unspecified atom stereocenters. The van der Waals surface area contributed by atoms with E-state index in [2.05, 4.69) is 61.5 Å². The molecule has 5 aliphatic rings. The number of hydrogen-bond donors (Lipinski definition) is 1. The molecule has 0 aliphatic heterocycles. The molecule has 0 saturated heterocycles. The first kappa shape index (κ1) is 22.5. The first-order valence-electron chi connectivity index (χ1n) is 13.7. The van der Waals surface area contributed by atoms with E-state index >= 15 is 0 Å². The molecule has 0 radical (unpaired) electrons. The van der Waals surface area contributed by atoms with E-state index in [1.54, 1.807) is 0 Å². The highest BCUT2D eigenvalue weighted by Gasteiger charge is 2.68. The van der Waals surface area contributed by atoms with E-state index in [9.17, 15) is 5.11 Å². The molecule has 176 valence electrons. The predicted molar refractivity (Wildman–Crippen MR) is 131 cm³/mol. The first-order chi connectivity index (χ1) is 14.3. The fourth-order valence-corrected chi connectivity index (χ4v) is 10.9. The van der Waals surface area contributed by atoms with E-state index in [0.29, 0.717) is 27.6 Å². The average Bonchev–Trinajstić information content (AvgIpc) is 3.04. The highest BCUT2D eigenvalue weighted by Crippen LogP contribution is 2.76. The molecular weight excluding hydrogens is 376 g/mol. The van der Waals surface area contributed by atoms with Crippen LogP contribution in [0.4, 0.5) is 0 Å². The molecule has 5 rings (SSSR count). The van der Waals surface area contributed by atoms with Crippen LogP contribution in [0.1, 0.15) is 113 Å². The van der Waals surface area contributed by atoms with E-state index in [-0.39, 0.29) is 11.5 Å². The largest absolute Gasteiger partial charge is 0.393 e. The molecular formula is C30H50O. The van der Waals surface area contributed by atoms with Gasteiger partial charge in [0.05, 0.1) is 6.10 Å². The summed E-state index contributed by atoms with van der Waals surface area (Å²) >= 11 is 0. The Morgan fingerprint density at radius 2 is 1.55 bits per heavy atom. The van der Waals surface area contributed by atoms with Crippen LogP contribution in [0, 0.1) is 56.7 Å². The maximum Gasteiger partial charge on any atom is 0.0594 e. The second-order valence-corrected chi connectivity index (χ2v) is 14.7. The predicted octanol–water partition coefficient (Wildman–Crippen LogP) is 8.02. The van der Waals surface area contributed by atoms with Crippen molar-refractivity contribution >= 4 is 0 Å². The van der Waals surface area contributed by atoms with Gasteiger partial charge in [0.25, 0.3) is 0 Å². The van der Waals surface area contributed by atoms with Crippen LogP contribution >= 0.6 is 0 Å². The fraction of sp³-hybridized carbons (Fsp3) is 0.933. The van der Waals surface area contributed by atoms with Gasteiger partial charge in [-0.2, -0.15) is 0 Å². The fourth-order valence-electron chi connectivity index (χ4n) is 10.9. The average molecular weight is 427 g/mol. The molecule has 0 spiro atoms. The third-order valence-corrected chi connectivity index (χ3v) is 13.1. The van der Waals surface area contributed by atoms with Crippen molar-refractivity contribution in [1.29, 1.82) is 0 Å². The van der Waals surface area contributed by atoms with E-state index in [1.165, 1.54) is 51.4 Å².